The van der Waals surface area contributed by atoms with Crippen molar-refractivity contribution in [3.8, 4) is 5.75 Å². The number of hydrogen-bond donors (Lipinski definition) is 2. The number of carboxylic acids is 1. The first-order chi connectivity index (χ1) is 8.08. The molecule has 92 valence electrons. The van der Waals surface area contributed by atoms with Crippen LogP contribution in [0.4, 0.5) is 0 Å². The van der Waals surface area contributed by atoms with Crippen molar-refractivity contribution in [2.75, 3.05) is 7.11 Å². The summed E-state index contributed by atoms with van der Waals surface area (Å²) in [6.45, 7) is 0. The Labute approximate surface area is 107 Å². The summed E-state index contributed by atoms with van der Waals surface area (Å²) in [5, 5.41) is 11.1. The van der Waals surface area contributed by atoms with Crippen molar-refractivity contribution >= 4 is 28.3 Å². The summed E-state index contributed by atoms with van der Waals surface area (Å²) in [5.74, 6) is -0.395. The molecular formula is C11H12BrNO4. The molecule has 0 aliphatic rings. The first-order valence-electron chi connectivity index (χ1n) is 4.83. The van der Waals surface area contributed by atoms with Crippen molar-refractivity contribution in [2.24, 2.45) is 0 Å². The van der Waals surface area contributed by atoms with Crippen LogP contribution in [-0.2, 0) is 16.0 Å². The maximum atomic E-state index is 10.8. The fourth-order valence-electron chi connectivity index (χ4n) is 1.37. The van der Waals surface area contributed by atoms with Gasteiger partial charge < -0.3 is 15.2 Å². The number of halogens is 1. The van der Waals surface area contributed by atoms with Crippen molar-refractivity contribution in [3.63, 3.8) is 0 Å². The maximum Gasteiger partial charge on any atom is 0.326 e. The molecule has 0 aliphatic carbocycles. The monoisotopic (exact) mass is 301 g/mol. The molecule has 1 unspecified atom stereocenters. The zero-order valence-electron chi connectivity index (χ0n) is 9.14. The lowest BCUT2D eigenvalue weighted by molar-refractivity contribution is -0.140. The highest BCUT2D eigenvalue weighted by atomic mass is 79.9. The van der Waals surface area contributed by atoms with Gasteiger partial charge in [0.15, 0.2) is 0 Å². The summed E-state index contributed by atoms with van der Waals surface area (Å²) in [7, 11) is 1.55. The second-order valence-electron chi connectivity index (χ2n) is 3.35. The first-order valence-corrected chi connectivity index (χ1v) is 5.62. The van der Waals surface area contributed by atoms with Gasteiger partial charge in [0.25, 0.3) is 0 Å². The van der Waals surface area contributed by atoms with E-state index in [4.69, 9.17) is 9.84 Å². The Morgan fingerprint density at radius 2 is 2.35 bits per heavy atom. The molecule has 0 aliphatic heterocycles. The summed E-state index contributed by atoms with van der Waals surface area (Å²) < 4.78 is 5.81. The highest BCUT2D eigenvalue weighted by molar-refractivity contribution is 9.10. The highest BCUT2D eigenvalue weighted by Crippen LogP contribution is 2.25. The average molecular weight is 302 g/mol. The van der Waals surface area contributed by atoms with Crippen LogP contribution >= 0.6 is 15.9 Å². The van der Waals surface area contributed by atoms with Gasteiger partial charge in [-0.3, -0.25) is 4.79 Å². The second kappa shape index (κ2) is 6.24. The van der Waals surface area contributed by atoms with Gasteiger partial charge in [0.2, 0.25) is 6.41 Å². The first kappa shape index (κ1) is 13.5. The number of hydrogen-bond acceptors (Lipinski definition) is 3. The number of nitrogens with one attached hydrogen (secondary N) is 1. The normalized spacial score (nSPS) is 11.6. The molecule has 0 saturated carbocycles. The molecule has 0 radical (unpaired) electrons. The third kappa shape index (κ3) is 3.74. The number of carbonyl (C=O) groups is 2. The van der Waals surface area contributed by atoms with Gasteiger partial charge in [-0.2, -0.15) is 0 Å². The molecule has 17 heavy (non-hydrogen) atoms. The predicted octanol–water partition coefficient (Wildman–Crippen LogP) is 1.20. The molecule has 0 aromatic heterocycles. The summed E-state index contributed by atoms with van der Waals surface area (Å²) in [5.41, 5.74) is 0.791. The van der Waals surface area contributed by atoms with Crippen molar-refractivity contribution in [1.82, 2.24) is 5.32 Å². The summed E-state index contributed by atoms with van der Waals surface area (Å²) >= 11 is 3.31. The topological polar surface area (TPSA) is 75.6 Å². The molecule has 0 saturated heterocycles. The average Bonchev–Trinajstić information content (AvgIpc) is 2.28. The number of carboxylic acid groups (broad SMARTS) is 1. The molecule has 0 bridgehead atoms. The number of aliphatic carboxylic acids is 1. The largest absolute Gasteiger partial charge is 0.496 e. The highest BCUT2D eigenvalue weighted by Gasteiger charge is 2.17. The van der Waals surface area contributed by atoms with E-state index in [1.54, 1.807) is 25.3 Å². The van der Waals surface area contributed by atoms with Crippen LogP contribution in [0.5, 0.6) is 5.75 Å². The summed E-state index contributed by atoms with van der Waals surface area (Å²) in [6, 6.07) is 4.33. The molecule has 1 atom stereocenters. The molecule has 5 nitrogen and oxygen atoms in total. The molecule has 1 rings (SSSR count). The van der Waals surface area contributed by atoms with E-state index in [1.165, 1.54) is 0 Å². The van der Waals surface area contributed by atoms with E-state index in [9.17, 15) is 9.59 Å². The third-order valence-electron chi connectivity index (χ3n) is 2.22. The second-order valence-corrected chi connectivity index (χ2v) is 4.20. The minimum atomic E-state index is -1.07. The zero-order chi connectivity index (χ0) is 12.8. The van der Waals surface area contributed by atoms with Crippen LogP contribution in [0.2, 0.25) is 0 Å². The molecule has 1 aromatic carbocycles. The van der Waals surface area contributed by atoms with Gasteiger partial charge in [-0.1, -0.05) is 6.07 Å². The van der Waals surface area contributed by atoms with E-state index in [2.05, 4.69) is 21.2 Å². The lowest BCUT2D eigenvalue weighted by atomic mass is 10.1. The quantitative estimate of drug-likeness (QED) is 0.774. The predicted molar refractivity (Wildman–Crippen MR) is 65.0 cm³/mol. The van der Waals surface area contributed by atoms with Gasteiger partial charge in [0.05, 0.1) is 11.6 Å². The molecule has 1 amide bonds. The van der Waals surface area contributed by atoms with Crippen LogP contribution in [0.3, 0.4) is 0 Å². The fraction of sp³-hybridized carbons (Fsp3) is 0.273. The number of ether oxygens (including phenoxy) is 1. The van der Waals surface area contributed by atoms with E-state index in [0.29, 0.717) is 12.2 Å². The number of carbonyl (C=O) groups excluding carboxylic acids is 1. The Bertz CT molecular complexity index is 422. The smallest absolute Gasteiger partial charge is 0.326 e. The van der Waals surface area contributed by atoms with Crippen LogP contribution in [0, 0.1) is 0 Å². The Morgan fingerprint density at radius 3 is 2.82 bits per heavy atom. The maximum absolute atomic E-state index is 10.8. The van der Waals surface area contributed by atoms with Crippen LogP contribution in [0.15, 0.2) is 22.7 Å². The van der Waals surface area contributed by atoms with E-state index in [-0.39, 0.29) is 6.42 Å². The molecule has 0 fully saturated rings. The van der Waals surface area contributed by atoms with Gasteiger partial charge in [0, 0.05) is 6.42 Å². The zero-order valence-corrected chi connectivity index (χ0v) is 10.7. The molecule has 2 N–H and O–H groups in total. The van der Waals surface area contributed by atoms with Crippen molar-refractivity contribution in [1.29, 1.82) is 0 Å². The molecule has 1 aromatic rings. The number of rotatable bonds is 6. The third-order valence-corrected chi connectivity index (χ3v) is 2.84. The number of benzene rings is 1. The summed E-state index contributed by atoms with van der Waals surface area (Å²) in [6.07, 6.45) is 0.605. The Hall–Kier alpha value is -1.56. The van der Waals surface area contributed by atoms with Crippen molar-refractivity contribution < 1.29 is 19.4 Å². The fourth-order valence-corrected chi connectivity index (χ4v) is 1.96. The van der Waals surface area contributed by atoms with Crippen LogP contribution < -0.4 is 10.1 Å². The van der Waals surface area contributed by atoms with Gasteiger partial charge in [-0.25, -0.2) is 4.79 Å². The van der Waals surface area contributed by atoms with E-state index in [0.717, 1.165) is 10.0 Å². The van der Waals surface area contributed by atoms with Crippen molar-refractivity contribution in [3.05, 3.63) is 28.2 Å². The van der Waals surface area contributed by atoms with Crippen LogP contribution in [0.1, 0.15) is 5.56 Å². The van der Waals surface area contributed by atoms with E-state index >= 15 is 0 Å². The number of methoxy groups -OCH3 is 1. The molecular weight excluding hydrogens is 290 g/mol. The van der Waals surface area contributed by atoms with Gasteiger partial charge in [0.1, 0.15) is 11.8 Å². The summed E-state index contributed by atoms with van der Waals surface area (Å²) in [4.78, 5) is 21.1. The molecule has 6 heteroatoms. The lowest BCUT2D eigenvalue weighted by Crippen LogP contribution is -2.37. The minimum Gasteiger partial charge on any atom is -0.496 e. The molecule has 0 spiro atoms. The van der Waals surface area contributed by atoms with E-state index < -0.39 is 12.0 Å². The standard InChI is InChI=1S/C11H12BrNO4/c1-17-10-3-2-7(4-8(10)12)5-9(11(15)16)13-6-14/h2-4,6,9H,5H2,1H3,(H,13,14)(H,15,16). The Morgan fingerprint density at radius 1 is 1.65 bits per heavy atom. The Balaban J connectivity index is 2.82. The minimum absolute atomic E-state index is 0.219. The van der Waals surface area contributed by atoms with Gasteiger partial charge in [-0.15, -0.1) is 0 Å². The van der Waals surface area contributed by atoms with Crippen LogP contribution in [0.25, 0.3) is 0 Å². The SMILES string of the molecule is COc1ccc(CC(NC=O)C(=O)O)cc1Br. The van der Waals surface area contributed by atoms with Gasteiger partial charge in [-0.05, 0) is 33.6 Å². The van der Waals surface area contributed by atoms with Gasteiger partial charge >= 0.3 is 5.97 Å². The van der Waals surface area contributed by atoms with Crippen LogP contribution in [-0.4, -0.2) is 30.6 Å². The van der Waals surface area contributed by atoms with Crippen molar-refractivity contribution in [2.45, 2.75) is 12.5 Å². The Kier molecular flexibility index (Phi) is 4.96. The van der Waals surface area contributed by atoms with E-state index in [1.807, 2.05) is 0 Å². The lowest BCUT2D eigenvalue weighted by Gasteiger charge is -2.12. The molecule has 0 heterocycles. The number of amides is 1.